The molecule has 98 valence electrons. The van der Waals surface area contributed by atoms with Gasteiger partial charge in [-0.2, -0.15) is 0 Å². The van der Waals surface area contributed by atoms with Crippen molar-refractivity contribution in [1.29, 1.82) is 0 Å². The molecular formula is C15H26O2. The monoisotopic (exact) mass is 238 g/mol. The zero-order valence-corrected chi connectivity index (χ0v) is 11.7. The Kier molecular flexibility index (Phi) is 4.21. The molecule has 17 heavy (non-hydrogen) atoms. The molecule has 0 fully saturated rings. The van der Waals surface area contributed by atoms with Crippen LogP contribution < -0.4 is 0 Å². The Bertz CT molecular complexity index is 335. The SMILES string of the molecule is CCC(C)(O)/C=C/C1=C(C)C(O)CCC1(C)C. The predicted octanol–water partition coefficient (Wildman–Crippen LogP) is 3.20. The molecule has 0 aromatic carbocycles. The number of aliphatic hydroxyl groups is 2. The summed E-state index contributed by atoms with van der Waals surface area (Å²) < 4.78 is 0. The molecular weight excluding hydrogens is 212 g/mol. The molecule has 0 amide bonds. The Balaban J connectivity index is 3.04. The lowest BCUT2D eigenvalue weighted by molar-refractivity contribution is 0.107. The van der Waals surface area contributed by atoms with E-state index in [1.165, 1.54) is 5.57 Å². The number of rotatable bonds is 3. The van der Waals surface area contributed by atoms with Gasteiger partial charge in [-0.25, -0.2) is 0 Å². The van der Waals surface area contributed by atoms with E-state index in [9.17, 15) is 10.2 Å². The fourth-order valence-electron chi connectivity index (χ4n) is 2.30. The molecule has 0 saturated heterocycles. The molecule has 0 spiro atoms. The quantitative estimate of drug-likeness (QED) is 0.792. The average Bonchev–Trinajstić information content (AvgIpc) is 2.24. The van der Waals surface area contributed by atoms with Crippen molar-refractivity contribution in [3.63, 3.8) is 0 Å². The number of allylic oxidation sites excluding steroid dienone is 2. The third-order valence-electron chi connectivity index (χ3n) is 4.02. The van der Waals surface area contributed by atoms with Crippen molar-refractivity contribution in [2.24, 2.45) is 5.41 Å². The van der Waals surface area contributed by atoms with E-state index >= 15 is 0 Å². The lowest BCUT2D eigenvalue weighted by Gasteiger charge is -2.35. The van der Waals surface area contributed by atoms with Gasteiger partial charge in [-0.05, 0) is 49.7 Å². The van der Waals surface area contributed by atoms with Crippen LogP contribution in [0.2, 0.25) is 0 Å². The van der Waals surface area contributed by atoms with Crippen LogP contribution in [0.1, 0.15) is 53.9 Å². The summed E-state index contributed by atoms with van der Waals surface area (Å²) in [5.41, 5.74) is 1.55. The third kappa shape index (κ3) is 3.43. The third-order valence-corrected chi connectivity index (χ3v) is 4.02. The summed E-state index contributed by atoms with van der Waals surface area (Å²) in [7, 11) is 0. The highest BCUT2D eigenvalue weighted by atomic mass is 16.3. The summed E-state index contributed by atoms with van der Waals surface area (Å²) in [5, 5.41) is 19.9. The number of hydrogen-bond acceptors (Lipinski definition) is 2. The molecule has 0 saturated carbocycles. The summed E-state index contributed by atoms with van der Waals surface area (Å²) in [6.45, 7) is 10.2. The minimum atomic E-state index is -0.758. The van der Waals surface area contributed by atoms with E-state index < -0.39 is 5.60 Å². The molecule has 0 radical (unpaired) electrons. The molecule has 0 bridgehead atoms. The van der Waals surface area contributed by atoms with Crippen LogP contribution >= 0.6 is 0 Å². The maximum absolute atomic E-state index is 10.0. The van der Waals surface area contributed by atoms with Gasteiger partial charge < -0.3 is 10.2 Å². The van der Waals surface area contributed by atoms with Gasteiger partial charge in [0.15, 0.2) is 0 Å². The normalized spacial score (nSPS) is 28.5. The highest BCUT2D eigenvalue weighted by molar-refractivity contribution is 5.35. The molecule has 2 atom stereocenters. The lowest BCUT2D eigenvalue weighted by Crippen LogP contribution is -2.28. The number of hydrogen-bond donors (Lipinski definition) is 2. The van der Waals surface area contributed by atoms with E-state index in [0.29, 0.717) is 6.42 Å². The van der Waals surface area contributed by atoms with Crippen LogP contribution in [0.25, 0.3) is 0 Å². The highest BCUT2D eigenvalue weighted by Gasteiger charge is 2.31. The summed E-state index contributed by atoms with van der Waals surface area (Å²) in [4.78, 5) is 0. The molecule has 0 aromatic rings. The summed E-state index contributed by atoms with van der Waals surface area (Å²) >= 11 is 0. The van der Waals surface area contributed by atoms with Gasteiger partial charge in [0, 0.05) is 0 Å². The van der Waals surface area contributed by atoms with Gasteiger partial charge in [-0.3, -0.25) is 0 Å². The van der Waals surface area contributed by atoms with Crippen molar-refractivity contribution in [2.45, 2.75) is 65.6 Å². The van der Waals surface area contributed by atoms with Crippen LogP contribution in [0.5, 0.6) is 0 Å². The molecule has 2 nitrogen and oxygen atoms in total. The summed E-state index contributed by atoms with van der Waals surface area (Å²) in [5.74, 6) is 0. The van der Waals surface area contributed by atoms with Crippen LogP contribution in [-0.2, 0) is 0 Å². The maximum atomic E-state index is 10.0. The fraction of sp³-hybridized carbons (Fsp3) is 0.733. The smallest absolute Gasteiger partial charge is 0.0800 e. The van der Waals surface area contributed by atoms with E-state index in [2.05, 4.69) is 13.8 Å². The Morgan fingerprint density at radius 3 is 2.59 bits per heavy atom. The first-order valence-corrected chi connectivity index (χ1v) is 6.50. The standard InChI is InChI=1S/C15H26O2/c1-6-15(5,17)10-7-12-11(2)13(16)8-9-14(12,3)4/h7,10,13,16-17H,6,8-9H2,1-5H3/b10-7+. The average molecular weight is 238 g/mol. The Morgan fingerprint density at radius 2 is 2.06 bits per heavy atom. The van der Waals surface area contributed by atoms with E-state index in [1.807, 2.05) is 32.9 Å². The van der Waals surface area contributed by atoms with Crippen molar-refractivity contribution >= 4 is 0 Å². The van der Waals surface area contributed by atoms with Crippen molar-refractivity contribution in [3.8, 4) is 0 Å². The minimum absolute atomic E-state index is 0.0869. The highest BCUT2D eigenvalue weighted by Crippen LogP contribution is 2.41. The Labute approximate surface area is 105 Å². The van der Waals surface area contributed by atoms with Crippen molar-refractivity contribution in [3.05, 3.63) is 23.3 Å². The van der Waals surface area contributed by atoms with Gasteiger partial charge in [0.05, 0.1) is 11.7 Å². The molecule has 2 unspecified atom stereocenters. The Morgan fingerprint density at radius 1 is 1.47 bits per heavy atom. The fourth-order valence-corrected chi connectivity index (χ4v) is 2.30. The summed E-state index contributed by atoms with van der Waals surface area (Å²) in [6, 6.07) is 0. The largest absolute Gasteiger partial charge is 0.389 e. The van der Waals surface area contributed by atoms with E-state index in [4.69, 9.17) is 0 Å². The van der Waals surface area contributed by atoms with Gasteiger partial charge in [0.25, 0.3) is 0 Å². The van der Waals surface area contributed by atoms with Crippen LogP contribution in [0, 0.1) is 5.41 Å². The van der Waals surface area contributed by atoms with Crippen molar-refractivity contribution in [2.75, 3.05) is 0 Å². The first kappa shape index (κ1) is 14.5. The van der Waals surface area contributed by atoms with E-state index in [-0.39, 0.29) is 11.5 Å². The molecule has 1 aliphatic rings. The molecule has 0 aromatic heterocycles. The van der Waals surface area contributed by atoms with E-state index in [1.54, 1.807) is 0 Å². The second-order valence-electron chi connectivity index (χ2n) is 6.08. The zero-order chi connectivity index (χ0) is 13.3. The second kappa shape index (κ2) is 4.95. The first-order chi connectivity index (χ1) is 7.69. The van der Waals surface area contributed by atoms with Crippen LogP contribution in [0.3, 0.4) is 0 Å². The topological polar surface area (TPSA) is 40.5 Å². The van der Waals surface area contributed by atoms with Gasteiger partial charge in [0.1, 0.15) is 0 Å². The van der Waals surface area contributed by atoms with Crippen LogP contribution in [0.4, 0.5) is 0 Å². The van der Waals surface area contributed by atoms with Crippen molar-refractivity contribution in [1.82, 2.24) is 0 Å². The Hall–Kier alpha value is -0.600. The molecule has 2 N–H and O–H groups in total. The van der Waals surface area contributed by atoms with Crippen LogP contribution in [-0.4, -0.2) is 21.9 Å². The molecule has 0 aliphatic heterocycles. The zero-order valence-electron chi connectivity index (χ0n) is 11.7. The lowest BCUT2D eigenvalue weighted by atomic mass is 9.71. The molecule has 2 heteroatoms. The minimum Gasteiger partial charge on any atom is -0.389 e. The van der Waals surface area contributed by atoms with Gasteiger partial charge in [-0.15, -0.1) is 0 Å². The number of aliphatic hydroxyl groups excluding tert-OH is 1. The summed E-state index contributed by atoms with van der Waals surface area (Å²) in [6.07, 6.45) is 6.04. The van der Waals surface area contributed by atoms with Gasteiger partial charge in [0.2, 0.25) is 0 Å². The molecule has 1 aliphatic carbocycles. The molecule has 0 heterocycles. The molecule has 1 rings (SSSR count). The predicted molar refractivity (Wildman–Crippen MR) is 71.8 cm³/mol. The van der Waals surface area contributed by atoms with Gasteiger partial charge in [-0.1, -0.05) is 32.9 Å². The second-order valence-corrected chi connectivity index (χ2v) is 6.08. The van der Waals surface area contributed by atoms with Crippen LogP contribution in [0.15, 0.2) is 23.3 Å². The van der Waals surface area contributed by atoms with E-state index in [0.717, 1.165) is 18.4 Å². The maximum Gasteiger partial charge on any atom is 0.0800 e. The van der Waals surface area contributed by atoms with Crippen molar-refractivity contribution < 1.29 is 10.2 Å². The van der Waals surface area contributed by atoms with Gasteiger partial charge >= 0.3 is 0 Å². The first-order valence-electron chi connectivity index (χ1n) is 6.50.